The normalized spacial score (nSPS) is 28.1. The van der Waals surface area contributed by atoms with Gasteiger partial charge >= 0.3 is 0 Å². The van der Waals surface area contributed by atoms with Gasteiger partial charge in [0.2, 0.25) is 0 Å². The van der Waals surface area contributed by atoms with Crippen LogP contribution in [0.15, 0.2) is 35.1 Å². The third-order valence-electron chi connectivity index (χ3n) is 6.72. The summed E-state index contributed by atoms with van der Waals surface area (Å²) in [5.74, 6) is 1.92. The summed E-state index contributed by atoms with van der Waals surface area (Å²) in [5, 5.41) is 11.4. The van der Waals surface area contributed by atoms with Crippen LogP contribution in [0.1, 0.15) is 70.4 Å². The summed E-state index contributed by atoms with van der Waals surface area (Å²) in [6.07, 6.45) is 12.7. The van der Waals surface area contributed by atoms with E-state index >= 15 is 0 Å². The number of benzene rings is 1. The molecule has 2 atom stereocenters. The summed E-state index contributed by atoms with van der Waals surface area (Å²) in [5.41, 5.74) is 10.1. The van der Waals surface area contributed by atoms with Crippen LogP contribution in [-0.2, 0) is 5.54 Å². The zero-order valence-electron chi connectivity index (χ0n) is 18.7. The fraction of sp³-hybridized carbons (Fsp3) is 0.600. The molecule has 0 aromatic heterocycles. The van der Waals surface area contributed by atoms with E-state index in [2.05, 4.69) is 54.2 Å². The lowest BCUT2D eigenvalue weighted by molar-refractivity contribution is 0.417. The Morgan fingerprint density at radius 3 is 2.53 bits per heavy atom. The van der Waals surface area contributed by atoms with Gasteiger partial charge in [0.25, 0.3) is 0 Å². The van der Waals surface area contributed by atoms with E-state index in [1.165, 1.54) is 37.5 Å². The first-order valence-corrected chi connectivity index (χ1v) is 11.6. The molecule has 0 radical (unpaired) electrons. The number of nitrogens with two attached hydrogens (primary N) is 1. The summed E-state index contributed by atoms with van der Waals surface area (Å²) in [7, 11) is 0. The van der Waals surface area contributed by atoms with Crippen molar-refractivity contribution in [2.45, 2.75) is 70.9 Å². The van der Waals surface area contributed by atoms with Gasteiger partial charge in [-0.2, -0.15) is 0 Å². The van der Waals surface area contributed by atoms with Crippen LogP contribution in [0.2, 0.25) is 0 Å². The first-order valence-electron chi connectivity index (χ1n) is 11.6. The van der Waals surface area contributed by atoms with Crippen LogP contribution in [0.5, 0.6) is 0 Å². The van der Waals surface area contributed by atoms with Crippen molar-refractivity contribution in [1.82, 2.24) is 4.90 Å². The smallest absolute Gasteiger partial charge is 0.126 e. The van der Waals surface area contributed by atoms with Gasteiger partial charge in [0.1, 0.15) is 5.82 Å². The molecule has 3 fully saturated rings. The van der Waals surface area contributed by atoms with Gasteiger partial charge in [0, 0.05) is 48.7 Å². The molecule has 1 aromatic rings. The number of hydrogen-bond acceptors (Lipinski definition) is 5. The van der Waals surface area contributed by atoms with Gasteiger partial charge in [-0.1, -0.05) is 32.9 Å². The summed E-state index contributed by atoms with van der Waals surface area (Å²) in [6, 6.07) is 6.55. The van der Waals surface area contributed by atoms with Crippen LogP contribution in [-0.4, -0.2) is 36.5 Å². The molecule has 2 aliphatic carbocycles. The molecule has 0 amide bonds. The number of anilines is 1. The molecular weight excluding hydrogens is 370 g/mol. The molecule has 30 heavy (non-hydrogen) atoms. The average Bonchev–Trinajstić information content (AvgIpc) is 3.52. The van der Waals surface area contributed by atoms with Crippen molar-refractivity contribution in [2.24, 2.45) is 22.1 Å². The average molecular weight is 408 g/mol. The third-order valence-corrected chi connectivity index (χ3v) is 6.72. The monoisotopic (exact) mass is 407 g/mol. The molecule has 2 heterocycles. The minimum absolute atomic E-state index is 0.144. The Hall–Kier alpha value is -2.14. The molecule has 1 spiro atoms. The van der Waals surface area contributed by atoms with E-state index in [1.54, 1.807) is 0 Å². The zero-order valence-corrected chi connectivity index (χ0v) is 18.7. The van der Waals surface area contributed by atoms with Gasteiger partial charge in [0.05, 0.1) is 6.04 Å². The maximum atomic E-state index is 7.76. The predicted octanol–water partition coefficient (Wildman–Crippen LogP) is 4.88. The van der Waals surface area contributed by atoms with Crippen LogP contribution >= 0.6 is 0 Å². The van der Waals surface area contributed by atoms with E-state index in [1.807, 2.05) is 12.3 Å². The number of likely N-dealkylation sites (tertiary alicyclic amines) is 1. The number of nitrogens with zero attached hydrogens (tertiary/aromatic N) is 2. The van der Waals surface area contributed by atoms with Gasteiger partial charge < -0.3 is 21.4 Å². The van der Waals surface area contributed by atoms with Crippen molar-refractivity contribution < 1.29 is 0 Å². The third kappa shape index (κ3) is 4.18. The molecule has 0 bridgehead atoms. The lowest BCUT2D eigenvalue weighted by Crippen LogP contribution is -2.27. The van der Waals surface area contributed by atoms with Gasteiger partial charge in [-0.3, -0.25) is 0 Å². The SMILES string of the molecule is CC(C)C.N=Cc1ccc([C@]2(N)CC23CC3)cc1NC1C=C(N2CCCC2)N=CC1. The lowest BCUT2D eigenvalue weighted by atomic mass is 9.98. The van der Waals surface area contributed by atoms with Crippen LogP contribution in [0, 0.1) is 16.7 Å². The highest BCUT2D eigenvalue weighted by Gasteiger charge is 2.72. The molecule has 1 unspecified atom stereocenters. The second-order valence-electron chi connectivity index (χ2n) is 10.1. The molecule has 2 saturated carbocycles. The van der Waals surface area contributed by atoms with Crippen LogP contribution < -0.4 is 11.1 Å². The Balaban J connectivity index is 0.000000503. The second-order valence-corrected chi connectivity index (χ2v) is 10.1. The maximum Gasteiger partial charge on any atom is 0.126 e. The van der Waals surface area contributed by atoms with Gasteiger partial charge in [-0.25, -0.2) is 4.99 Å². The van der Waals surface area contributed by atoms with E-state index in [-0.39, 0.29) is 11.6 Å². The van der Waals surface area contributed by atoms with E-state index in [0.717, 1.165) is 48.9 Å². The minimum Gasteiger partial charge on any atom is -0.378 e. The molecule has 5 rings (SSSR count). The highest BCUT2D eigenvalue weighted by molar-refractivity contribution is 5.86. The quantitative estimate of drug-likeness (QED) is 0.609. The number of hydrogen-bond donors (Lipinski definition) is 3. The Bertz CT molecular complexity index is 842. The molecule has 2 aliphatic heterocycles. The fourth-order valence-electron chi connectivity index (χ4n) is 4.74. The molecule has 5 nitrogen and oxygen atoms in total. The first kappa shape index (κ1) is 21.1. The van der Waals surface area contributed by atoms with Gasteiger partial charge in [-0.15, -0.1) is 0 Å². The highest BCUT2D eigenvalue weighted by Crippen LogP contribution is 2.76. The molecule has 1 aromatic carbocycles. The standard InChI is InChI=1S/C21H27N5.C4H10/c22-13-15-3-4-16(21(23)14-20(21)6-7-20)11-18(15)25-17-5-8-24-19(12-17)26-9-1-2-10-26;1-4(2)3/h3-4,8,11-13,17,22,25H,1-2,5-7,9-10,14,23H2;4H,1-3H3/t17?,21-;/m1./s1. The summed E-state index contributed by atoms with van der Waals surface area (Å²) in [6.45, 7) is 8.71. The van der Waals surface area contributed by atoms with Crippen molar-refractivity contribution >= 4 is 18.1 Å². The van der Waals surface area contributed by atoms with E-state index in [0.29, 0.717) is 5.41 Å². The van der Waals surface area contributed by atoms with Crippen molar-refractivity contribution in [2.75, 3.05) is 18.4 Å². The van der Waals surface area contributed by atoms with E-state index < -0.39 is 0 Å². The van der Waals surface area contributed by atoms with Crippen molar-refractivity contribution in [1.29, 1.82) is 5.41 Å². The van der Waals surface area contributed by atoms with E-state index in [4.69, 9.17) is 11.1 Å². The molecule has 5 heteroatoms. The summed E-state index contributed by atoms with van der Waals surface area (Å²) < 4.78 is 0. The van der Waals surface area contributed by atoms with Crippen molar-refractivity contribution in [3.8, 4) is 0 Å². The van der Waals surface area contributed by atoms with Crippen molar-refractivity contribution in [3.63, 3.8) is 0 Å². The molecule has 1 saturated heterocycles. The largest absolute Gasteiger partial charge is 0.378 e. The van der Waals surface area contributed by atoms with E-state index in [9.17, 15) is 0 Å². The van der Waals surface area contributed by atoms with Crippen molar-refractivity contribution in [3.05, 3.63) is 41.2 Å². The summed E-state index contributed by atoms with van der Waals surface area (Å²) in [4.78, 5) is 6.97. The molecule has 162 valence electrons. The van der Waals surface area contributed by atoms with Crippen LogP contribution in [0.3, 0.4) is 0 Å². The Morgan fingerprint density at radius 1 is 1.23 bits per heavy atom. The van der Waals surface area contributed by atoms with Crippen LogP contribution in [0.4, 0.5) is 5.69 Å². The van der Waals surface area contributed by atoms with Gasteiger partial charge in [0.15, 0.2) is 0 Å². The number of nitrogens with one attached hydrogen (secondary N) is 2. The molecular formula is C25H37N5. The molecule has 4 N–H and O–H groups in total. The Morgan fingerprint density at radius 2 is 1.93 bits per heavy atom. The first-order chi connectivity index (χ1) is 14.4. The topological polar surface area (TPSA) is 77.5 Å². The highest BCUT2D eigenvalue weighted by atomic mass is 15.2. The molecule has 4 aliphatic rings. The number of aliphatic imine (C=N–C) groups is 1. The minimum atomic E-state index is -0.144. The van der Waals surface area contributed by atoms with Gasteiger partial charge in [-0.05, 0) is 61.1 Å². The fourth-order valence-corrected chi connectivity index (χ4v) is 4.74. The predicted molar refractivity (Wildman–Crippen MR) is 126 cm³/mol. The maximum absolute atomic E-state index is 7.76. The number of rotatable bonds is 5. The van der Waals surface area contributed by atoms with Crippen LogP contribution in [0.25, 0.3) is 0 Å². The Labute approximate surface area is 181 Å². The summed E-state index contributed by atoms with van der Waals surface area (Å²) >= 11 is 0. The lowest BCUT2D eigenvalue weighted by Gasteiger charge is -2.25. The zero-order chi connectivity index (χ0) is 21.4. The Kier molecular flexibility index (Phi) is 5.75. The second kappa shape index (κ2) is 8.18.